The zero-order valence-electron chi connectivity index (χ0n) is 16.3. The summed E-state index contributed by atoms with van der Waals surface area (Å²) in [5.41, 5.74) is 2.06. The average molecular weight is 394 g/mol. The minimum atomic E-state index is -4.46. The number of amides is 1. The number of nitrogens with zero attached hydrogens (tertiary/aromatic N) is 3. The van der Waals surface area contributed by atoms with Gasteiger partial charge in [-0.25, -0.2) is 4.68 Å². The Kier molecular flexibility index (Phi) is 5.67. The highest BCUT2D eigenvalue weighted by Crippen LogP contribution is 2.44. The van der Waals surface area contributed by atoms with Gasteiger partial charge in [-0.2, -0.15) is 18.3 Å². The number of halogens is 3. The van der Waals surface area contributed by atoms with E-state index >= 15 is 0 Å². The Morgan fingerprint density at radius 3 is 2.39 bits per heavy atom. The maximum absolute atomic E-state index is 13.7. The molecule has 0 saturated carbocycles. The van der Waals surface area contributed by atoms with Crippen LogP contribution in [-0.2, 0) is 6.42 Å². The van der Waals surface area contributed by atoms with Crippen molar-refractivity contribution in [1.29, 1.82) is 0 Å². The maximum atomic E-state index is 13.7. The van der Waals surface area contributed by atoms with Crippen molar-refractivity contribution < 1.29 is 18.0 Å². The van der Waals surface area contributed by atoms with E-state index in [4.69, 9.17) is 0 Å². The molecular formula is C20H25F3N4O. The molecule has 0 aliphatic carbocycles. The van der Waals surface area contributed by atoms with Crippen LogP contribution in [0.3, 0.4) is 0 Å². The molecule has 2 heterocycles. The molecule has 1 amide bonds. The normalized spacial score (nSPS) is 19.1. The van der Waals surface area contributed by atoms with E-state index in [9.17, 15) is 18.0 Å². The van der Waals surface area contributed by atoms with E-state index in [1.54, 1.807) is 4.90 Å². The van der Waals surface area contributed by atoms with E-state index in [0.29, 0.717) is 13.1 Å². The summed E-state index contributed by atoms with van der Waals surface area (Å²) in [6, 6.07) is 5.22. The van der Waals surface area contributed by atoms with Crippen molar-refractivity contribution in [2.24, 2.45) is 0 Å². The van der Waals surface area contributed by atoms with Crippen LogP contribution in [0.1, 0.15) is 60.8 Å². The lowest BCUT2D eigenvalue weighted by Crippen LogP contribution is -2.37. The van der Waals surface area contributed by atoms with E-state index in [1.165, 1.54) is 6.20 Å². The first-order valence-electron chi connectivity index (χ1n) is 9.58. The third-order valence-electron chi connectivity index (χ3n) is 5.31. The molecule has 5 nitrogen and oxygen atoms in total. The van der Waals surface area contributed by atoms with Crippen LogP contribution in [0.4, 0.5) is 19.0 Å². The van der Waals surface area contributed by atoms with Crippen molar-refractivity contribution in [1.82, 2.24) is 14.7 Å². The molecule has 0 saturated heterocycles. The van der Waals surface area contributed by atoms with Gasteiger partial charge in [-0.15, -0.1) is 0 Å². The molecule has 8 heteroatoms. The molecule has 2 aromatic rings. The second-order valence-electron chi connectivity index (χ2n) is 6.91. The van der Waals surface area contributed by atoms with E-state index in [-0.39, 0.29) is 23.7 Å². The second kappa shape index (κ2) is 7.85. The topological polar surface area (TPSA) is 50.2 Å². The number of carbonyl (C=O) groups is 1. The number of aryl methyl sites for hydroxylation is 1. The first-order valence-corrected chi connectivity index (χ1v) is 9.58. The van der Waals surface area contributed by atoms with Crippen molar-refractivity contribution in [2.45, 2.75) is 51.9 Å². The largest absolute Gasteiger partial charge is 0.410 e. The van der Waals surface area contributed by atoms with Gasteiger partial charge in [0.1, 0.15) is 11.4 Å². The standard InChI is InChI=1S/C20H25F3N4O/c1-4-13-7-9-14(10-8-13)16-11-17(20(21,22)23)27-18(25-16)15(12-24-27)19(28)26(5-2)6-3/h7-10,12,16-17,25H,4-6,11H2,1-3H3/t16-,17-/m1/s1. The van der Waals surface area contributed by atoms with E-state index in [2.05, 4.69) is 10.4 Å². The first kappa shape index (κ1) is 20.2. The zero-order chi connectivity index (χ0) is 20.5. The van der Waals surface area contributed by atoms with Gasteiger partial charge in [0, 0.05) is 19.5 Å². The summed E-state index contributed by atoms with van der Waals surface area (Å²) in [7, 11) is 0. The average Bonchev–Trinajstić information content (AvgIpc) is 3.11. The monoisotopic (exact) mass is 394 g/mol. The van der Waals surface area contributed by atoms with Crippen molar-refractivity contribution in [2.75, 3.05) is 18.4 Å². The molecule has 1 aromatic carbocycles. The summed E-state index contributed by atoms with van der Waals surface area (Å²) in [5, 5.41) is 7.06. The van der Waals surface area contributed by atoms with Gasteiger partial charge in [0.25, 0.3) is 5.91 Å². The molecule has 0 radical (unpaired) electrons. The maximum Gasteiger partial charge on any atom is 0.410 e. The Balaban J connectivity index is 2.01. The highest BCUT2D eigenvalue weighted by Gasteiger charge is 2.47. The molecule has 3 rings (SSSR count). The number of hydrogen-bond donors (Lipinski definition) is 1. The number of rotatable bonds is 5. The molecule has 1 aliphatic rings. The number of carbonyl (C=O) groups excluding carboxylic acids is 1. The molecule has 0 bridgehead atoms. The smallest absolute Gasteiger partial charge is 0.363 e. The summed E-state index contributed by atoms with van der Waals surface area (Å²) in [6.07, 6.45) is -2.54. The Hall–Kier alpha value is -2.51. The molecule has 1 aliphatic heterocycles. The van der Waals surface area contributed by atoms with Gasteiger partial charge in [0.15, 0.2) is 6.04 Å². The molecule has 0 spiro atoms. The summed E-state index contributed by atoms with van der Waals surface area (Å²) >= 11 is 0. The van der Waals surface area contributed by atoms with Gasteiger partial charge in [-0.05, 0) is 31.4 Å². The van der Waals surface area contributed by atoms with Crippen molar-refractivity contribution >= 4 is 11.7 Å². The van der Waals surface area contributed by atoms with Crippen molar-refractivity contribution in [3.63, 3.8) is 0 Å². The van der Waals surface area contributed by atoms with Crippen molar-refractivity contribution in [3.05, 3.63) is 47.2 Å². The highest BCUT2D eigenvalue weighted by molar-refractivity contribution is 5.98. The number of fused-ring (bicyclic) bond motifs is 1. The van der Waals surface area contributed by atoms with Gasteiger partial charge in [-0.1, -0.05) is 31.2 Å². The van der Waals surface area contributed by atoms with Crippen LogP contribution < -0.4 is 5.32 Å². The molecular weight excluding hydrogens is 369 g/mol. The van der Waals surface area contributed by atoms with E-state index in [0.717, 1.165) is 22.2 Å². The highest BCUT2D eigenvalue weighted by atomic mass is 19.4. The van der Waals surface area contributed by atoms with Crippen LogP contribution in [0, 0.1) is 0 Å². The Morgan fingerprint density at radius 2 is 1.86 bits per heavy atom. The lowest BCUT2D eigenvalue weighted by atomic mass is 9.95. The number of alkyl halides is 3. The van der Waals surface area contributed by atoms with Crippen LogP contribution in [0.2, 0.25) is 0 Å². The minimum Gasteiger partial charge on any atom is -0.363 e. The third-order valence-corrected chi connectivity index (χ3v) is 5.31. The minimum absolute atomic E-state index is 0.134. The lowest BCUT2D eigenvalue weighted by Gasteiger charge is -2.34. The van der Waals surface area contributed by atoms with Gasteiger partial charge in [0.2, 0.25) is 0 Å². The molecule has 28 heavy (non-hydrogen) atoms. The molecule has 0 fully saturated rings. The predicted molar refractivity (Wildman–Crippen MR) is 101 cm³/mol. The summed E-state index contributed by atoms with van der Waals surface area (Å²) in [4.78, 5) is 14.3. The second-order valence-corrected chi connectivity index (χ2v) is 6.91. The predicted octanol–water partition coefficient (Wildman–Crippen LogP) is 4.59. The lowest BCUT2D eigenvalue weighted by molar-refractivity contribution is -0.173. The Bertz CT molecular complexity index is 825. The van der Waals surface area contributed by atoms with E-state index < -0.39 is 18.3 Å². The number of aromatic nitrogens is 2. The van der Waals surface area contributed by atoms with Crippen molar-refractivity contribution in [3.8, 4) is 0 Å². The molecule has 0 unspecified atom stereocenters. The first-order chi connectivity index (χ1) is 13.3. The Labute approximate surface area is 162 Å². The number of nitrogens with one attached hydrogen (secondary N) is 1. The van der Waals surface area contributed by atoms with Gasteiger partial charge < -0.3 is 10.2 Å². The van der Waals surface area contributed by atoms with Crippen LogP contribution in [0.25, 0.3) is 0 Å². The van der Waals surface area contributed by atoms with Crippen LogP contribution in [0.5, 0.6) is 0 Å². The fourth-order valence-corrected chi connectivity index (χ4v) is 3.60. The molecule has 1 aromatic heterocycles. The van der Waals surface area contributed by atoms with Gasteiger partial charge in [-0.3, -0.25) is 4.79 Å². The third kappa shape index (κ3) is 3.72. The van der Waals surface area contributed by atoms with Crippen LogP contribution >= 0.6 is 0 Å². The van der Waals surface area contributed by atoms with Crippen LogP contribution in [-0.4, -0.2) is 39.9 Å². The quantitative estimate of drug-likeness (QED) is 0.807. The Morgan fingerprint density at radius 1 is 1.21 bits per heavy atom. The SMILES string of the molecule is CCc1ccc([C@H]2C[C@H](C(F)(F)F)n3ncc(C(=O)N(CC)CC)c3N2)cc1. The summed E-state index contributed by atoms with van der Waals surface area (Å²) < 4.78 is 42.1. The molecule has 2 atom stereocenters. The number of anilines is 1. The fraction of sp³-hybridized carbons (Fsp3) is 0.500. The number of benzene rings is 1. The fourth-order valence-electron chi connectivity index (χ4n) is 3.60. The summed E-state index contributed by atoms with van der Waals surface area (Å²) in [6.45, 7) is 6.65. The molecule has 152 valence electrons. The zero-order valence-corrected chi connectivity index (χ0v) is 16.3. The summed E-state index contributed by atoms with van der Waals surface area (Å²) in [5.74, 6) is -0.184. The van der Waals surface area contributed by atoms with E-state index in [1.807, 2.05) is 45.0 Å². The number of hydrogen-bond acceptors (Lipinski definition) is 3. The van der Waals surface area contributed by atoms with Crippen LogP contribution in [0.15, 0.2) is 30.5 Å². The molecule has 1 N–H and O–H groups in total. The van der Waals surface area contributed by atoms with Gasteiger partial charge >= 0.3 is 6.18 Å². The van der Waals surface area contributed by atoms with Gasteiger partial charge in [0.05, 0.1) is 12.2 Å².